The molecular weight excluding hydrogens is 405 g/mol. The molecule has 1 aliphatic rings. The van der Waals surface area contributed by atoms with Gasteiger partial charge in [-0.1, -0.05) is 0 Å². The van der Waals surface area contributed by atoms with Crippen molar-refractivity contribution < 1.29 is 28.0 Å². The van der Waals surface area contributed by atoms with Crippen molar-refractivity contribution in [1.82, 2.24) is 4.90 Å². The third-order valence-electron chi connectivity index (χ3n) is 4.84. The normalized spacial score (nSPS) is 15.1. The highest BCUT2D eigenvalue weighted by molar-refractivity contribution is 6.07. The molecule has 0 bridgehead atoms. The Morgan fingerprint density at radius 3 is 2.40 bits per heavy atom. The molecule has 0 aromatic heterocycles. The number of non-ortho nitro benzene ring substituents is 1. The molecule has 0 atom stereocenters. The van der Waals surface area contributed by atoms with E-state index < -0.39 is 33.9 Å². The van der Waals surface area contributed by atoms with Crippen LogP contribution in [0.15, 0.2) is 36.4 Å². The number of likely N-dealkylation sites (N-methyl/N-ethyl adjacent to an activating group) is 1. The summed E-state index contributed by atoms with van der Waals surface area (Å²) in [5.41, 5.74) is -1.78. The maximum Gasteiger partial charge on any atom is 0.417 e. The van der Waals surface area contributed by atoms with Crippen LogP contribution >= 0.6 is 0 Å². The van der Waals surface area contributed by atoms with Crippen LogP contribution in [0.4, 0.5) is 30.2 Å². The van der Waals surface area contributed by atoms with E-state index in [2.05, 4.69) is 10.2 Å². The van der Waals surface area contributed by atoms with Crippen LogP contribution in [0.1, 0.15) is 15.9 Å². The van der Waals surface area contributed by atoms with Crippen LogP contribution in [0.2, 0.25) is 0 Å². The van der Waals surface area contributed by atoms with Gasteiger partial charge in [0.05, 0.1) is 27.4 Å². The molecule has 30 heavy (non-hydrogen) atoms. The fraction of sp³-hybridized carbons (Fsp3) is 0.316. The van der Waals surface area contributed by atoms with Crippen molar-refractivity contribution >= 4 is 23.0 Å². The molecule has 2 aromatic rings. The highest BCUT2D eigenvalue weighted by Gasteiger charge is 2.36. The predicted molar refractivity (Wildman–Crippen MR) is 104 cm³/mol. The summed E-state index contributed by atoms with van der Waals surface area (Å²) in [6.45, 7) is 2.62. The molecule has 1 fully saturated rings. The molecule has 8 nitrogen and oxygen atoms in total. The Morgan fingerprint density at radius 2 is 1.80 bits per heavy atom. The standard InChI is InChI=1S/C19H19F3N4O4/c1-24-6-8-25(9-7-24)17-5-2-12(26(29)30)10-16(17)23-18(28)14-4-3-13(27)11-15(14)19(20,21)22/h2-5,10-11,27H,6-9H2,1H3,(H,23,28). The summed E-state index contributed by atoms with van der Waals surface area (Å²) in [6.07, 6.45) is -4.87. The van der Waals surface area contributed by atoms with E-state index in [4.69, 9.17) is 0 Å². The zero-order chi connectivity index (χ0) is 22.1. The van der Waals surface area contributed by atoms with E-state index in [0.717, 1.165) is 31.3 Å². The lowest BCUT2D eigenvalue weighted by atomic mass is 10.1. The molecule has 2 aromatic carbocycles. The summed E-state index contributed by atoms with van der Waals surface area (Å²) >= 11 is 0. The molecular formula is C19H19F3N4O4. The first-order valence-corrected chi connectivity index (χ1v) is 9.00. The number of aromatic hydroxyl groups is 1. The number of carbonyl (C=O) groups is 1. The highest BCUT2D eigenvalue weighted by atomic mass is 19.4. The summed E-state index contributed by atoms with van der Waals surface area (Å²) in [4.78, 5) is 27.2. The first-order valence-electron chi connectivity index (χ1n) is 9.00. The summed E-state index contributed by atoms with van der Waals surface area (Å²) < 4.78 is 39.9. The van der Waals surface area contributed by atoms with Crippen molar-refractivity contribution in [2.45, 2.75) is 6.18 Å². The van der Waals surface area contributed by atoms with Crippen molar-refractivity contribution in [1.29, 1.82) is 0 Å². The van der Waals surface area contributed by atoms with E-state index in [0.29, 0.717) is 24.8 Å². The van der Waals surface area contributed by atoms with Gasteiger partial charge >= 0.3 is 6.18 Å². The third-order valence-corrected chi connectivity index (χ3v) is 4.84. The number of benzene rings is 2. The number of alkyl halides is 3. The van der Waals surface area contributed by atoms with Crippen LogP contribution in [0.25, 0.3) is 0 Å². The Kier molecular flexibility index (Phi) is 5.83. The summed E-state index contributed by atoms with van der Waals surface area (Å²) in [5, 5.41) is 22.9. The Bertz CT molecular complexity index is 973. The third kappa shape index (κ3) is 4.62. The average molecular weight is 424 g/mol. The van der Waals surface area contributed by atoms with Crippen molar-refractivity contribution in [3.63, 3.8) is 0 Å². The van der Waals surface area contributed by atoms with Crippen LogP contribution < -0.4 is 10.2 Å². The number of hydrogen-bond donors (Lipinski definition) is 2. The number of halogens is 3. The predicted octanol–water partition coefficient (Wildman–Crippen LogP) is 3.32. The van der Waals surface area contributed by atoms with Crippen LogP contribution in [0.3, 0.4) is 0 Å². The van der Waals surface area contributed by atoms with Gasteiger partial charge in [0.25, 0.3) is 11.6 Å². The first-order chi connectivity index (χ1) is 14.1. The molecule has 11 heteroatoms. The molecule has 3 rings (SSSR count). The van der Waals surface area contributed by atoms with E-state index in [1.165, 1.54) is 12.1 Å². The minimum atomic E-state index is -4.87. The molecule has 1 heterocycles. The van der Waals surface area contributed by atoms with Crippen LogP contribution in [0, 0.1) is 10.1 Å². The van der Waals surface area contributed by atoms with Gasteiger partial charge in [0, 0.05) is 38.3 Å². The van der Waals surface area contributed by atoms with Gasteiger partial charge < -0.3 is 20.2 Å². The largest absolute Gasteiger partial charge is 0.508 e. The Balaban J connectivity index is 1.98. The van der Waals surface area contributed by atoms with Gasteiger partial charge in [0.1, 0.15) is 5.75 Å². The van der Waals surface area contributed by atoms with Gasteiger partial charge in [-0.2, -0.15) is 13.2 Å². The van der Waals surface area contributed by atoms with E-state index in [1.807, 2.05) is 11.9 Å². The number of nitrogens with one attached hydrogen (secondary N) is 1. The van der Waals surface area contributed by atoms with Crippen molar-refractivity contribution in [3.8, 4) is 5.75 Å². The molecule has 0 spiro atoms. The van der Waals surface area contributed by atoms with Gasteiger partial charge in [0.2, 0.25) is 0 Å². The SMILES string of the molecule is CN1CCN(c2ccc([N+](=O)[O-])cc2NC(=O)c2ccc(O)cc2C(F)(F)F)CC1. The van der Waals surface area contributed by atoms with Crippen molar-refractivity contribution in [2.24, 2.45) is 0 Å². The second-order valence-corrected chi connectivity index (χ2v) is 6.93. The van der Waals surface area contributed by atoms with E-state index >= 15 is 0 Å². The lowest BCUT2D eigenvalue weighted by Crippen LogP contribution is -2.44. The smallest absolute Gasteiger partial charge is 0.417 e. The Morgan fingerprint density at radius 1 is 1.13 bits per heavy atom. The second kappa shape index (κ2) is 8.19. The minimum Gasteiger partial charge on any atom is -0.508 e. The molecule has 1 amide bonds. The maximum atomic E-state index is 13.3. The van der Waals surface area contributed by atoms with E-state index in [-0.39, 0.29) is 11.4 Å². The molecule has 160 valence electrons. The number of rotatable bonds is 4. The quantitative estimate of drug-likeness (QED) is 0.577. The van der Waals surface area contributed by atoms with Crippen LogP contribution in [-0.4, -0.2) is 54.1 Å². The van der Waals surface area contributed by atoms with Gasteiger partial charge in [-0.3, -0.25) is 14.9 Å². The van der Waals surface area contributed by atoms with Gasteiger partial charge in [-0.25, -0.2) is 0 Å². The fourth-order valence-corrected chi connectivity index (χ4v) is 3.22. The van der Waals surface area contributed by atoms with Crippen molar-refractivity contribution in [2.75, 3.05) is 43.4 Å². The van der Waals surface area contributed by atoms with Gasteiger partial charge in [-0.05, 0) is 31.3 Å². The highest BCUT2D eigenvalue weighted by Crippen LogP contribution is 2.36. The number of nitro benzene ring substituents is 1. The lowest BCUT2D eigenvalue weighted by Gasteiger charge is -2.35. The molecule has 0 unspecified atom stereocenters. The Hall–Kier alpha value is -3.34. The molecule has 0 aliphatic carbocycles. The number of piperazine rings is 1. The molecule has 0 radical (unpaired) electrons. The number of phenolic OH excluding ortho intramolecular Hbond substituents is 1. The van der Waals surface area contributed by atoms with Gasteiger partial charge in [-0.15, -0.1) is 0 Å². The minimum absolute atomic E-state index is 0.0416. The average Bonchev–Trinajstić information content (AvgIpc) is 2.68. The van der Waals surface area contributed by atoms with E-state index in [9.17, 15) is 33.2 Å². The van der Waals surface area contributed by atoms with Gasteiger partial charge in [0.15, 0.2) is 0 Å². The number of anilines is 2. The monoisotopic (exact) mass is 424 g/mol. The van der Waals surface area contributed by atoms with Crippen LogP contribution in [-0.2, 0) is 6.18 Å². The molecule has 2 N–H and O–H groups in total. The molecule has 1 aliphatic heterocycles. The Labute approximate surface area is 169 Å². The number of carbonyl (C=O) groups excluding carboxylic acids is 1. The van der Waals surface area contributed by atoms with Crippen LogP contribution in [0.5, 0.6) is 5.75 Å². The first kappa shape index (κ1) is 21.4. The number of nitro groups is 1. The van der Waals surface area contributed by atoms with E-state index in [1.54, 1.807) is 0 Å². The summed E-state index contributed by atoms with van der Waals surface area (Å²) in [5.74, 6) is -1.72. The van der Waals surface area contributed by atoms with Crippen molar-refractivity contribution in [3.05, 3.63) is 57.6 Å². The molecule has 0 saturated carbocycles. The number of amides is 1. The second-order valence-electron chi connectivity index (χ2n) is 6.93. The maximum absolute atomic E-state index is 13.3. The number of nitrogens with zero attached hydrogens (tertiary/aromatic N) is 3. The number of hydrogen-bond acceptors (Lipinski definition) is 6. The zero-order valence-electron chi connectivity index (χ0n) is 15.9. The summed E-state index contributed by atoms with van der Waals surface area (Å²) in [7, 11) is 1.94. The molecule has 1 saturated heterocycles. The zero-order valence-corrected chi connectivity index (χ0v) is 15.9. The number of phenols is 1. The fourth-order valence-electron chi connectivity index (χ4n) is 3.22. The topological polar surface area (TPSA) is 99.0 Å². The summed E-state index contributed by atoms with van der Waals surface area (Å²) in [6, 6.07) is 6.17. The lowest BCUT2D eigenvalue weighted by molar-refractivity contribution is -0.384.